The van der Waals surface area contributed by atoms with Crippen molar-refractivity contribution in [2.24, 2.45) is 5.92 Å². The van der Waals surface area contributed by atoms with Crippen molar-refractivity contribution in [3.05, 3.63) is 97.1 Å². The van der Waals surface area contributed by atoms with E-state index < -0.39 is 41.6 Å². The lowest BCUT2D eigenvalue weighted by molar-refractivity contribution is -0.152. The van der Waals surface area contributed by atoms with Gasteiger partial charge >= 0.3 is 12.1 Å². The average Bonchev–Trinajstić information content (AvgIpc) is 3.51. The fraction of sp³-hybridized carbons (Fsp3) is 0.412. The Bertz CT molecular complexity index is 1250. The van der Waals surface area contributed by atoms with Gasteiger partial charge < -0.3 is 30.5 Å². The molecule has 2 aromatic rings. The Morgan fingerprint density at radius 3 is 2.18 bits per heavy atom. The third kappa shape index (κ3) is 10.7. The Kier molecular flexibility index (Phi) is 13.6. The average molecular weight is 606 g/mol. The van der Waals surface area contributed by atoms with Crippen LogP contribution in [0, 0.1) is 5.92 Å². The van der Waals surface area contributed by atoms with E-state index in [1.54, 1.807) is 30.3 Å². The van der Waals surface area contributed by atoms with Gasteiger partial charge in [0.15, 0.2) is 0 Å². The molecule has 0 saturated heterocycles. The molecule has 3 rings (SSSR count). The van der Waals surface area contributed by atoms with Crippen molar-refractivity contribution in [1.29, 1.82) is 0 Å². The van der Waals surface area contributed by atoms with Crippen LogP contribution in [0.15, 0.2) is 86.0 Å². The molecule has 10 heteroatoms. The molecule has 3 atom stereocenters. The largest absolute Gasteiger partial charge is 0.454 e. The van der Waals surface area contributed by atoms with Gasteiger partial charge in [0.1, 0.15) is 18.8 Å². The Balaban J connectivity index is 1.63. The van der Waals surface area contributed by atoms with Crippen molar-refractivity contribution in [2.45, 2.75) is 69.2 Å². The van der Waals surface area contributed by atoms with Crippen molar-refractivity contribution in [1.82, 2.24) is 16.0 Å². The van der Waals surface area contributed by atoms with Crippen LogP contribution in [0.5, 0.6) is 0 Å². The van der Waals surface area contributed by atoms with E-state index in [0.717, 1.165) is 18.4 Å². The number of esters is 1. The van der Waals surface area contributed by atoms with Crippen molar-refractivity contribution < 1.29 is 33.8 Å². The van der Waals surface area contributed by atoms with E-state index in [0.29, 0.717) is 18.4 Å². The first-order chi connectivity index (χ1) is 21.3. The molecule has 1 saturated carbocycles. The Morgan fingerprint density at radius 2 is 1.57 bits per heavy atom. The maximum Gasteiger partial charge on any atom is 0.408 e. The second-order valence-corrected chi connectivity index (χ2v) is 11.0. The Morgan fingerprint density at radius 1 is 0.932 bits per heavy atom. The number of ether oxygens (including phenoxy) is 2. The second kappa shape index (κ2) is 17.6. The zero-order chi connectivity index (χ0) is 31.8. The highest BCUT2D eigenvalue weighted by Gasteiger charge is 2.35. The van der Waals surface area contributed by atoms with Crippen LogP contribution in [0.25, 0.3) is 0 Å². The number of aliphatic hydroxyl groups is 1. The van der Waals surface area contributed by atoms with E-state index in [-0.39, 0.29) is 44.9 Å². The SMILES string of the molecule is C=CC[C@@H](CC(=O)NC1(CO)CCCC1)C(=O)NC[C@H](OC(=O)[C@@H](CC=C)NC(=O)OCc1ccccc1)c1ccccc1. The van der Waals surface area contributed by atoms with E-state index >= 15 is 0 Å². The molecule has 1 fully saturated rings. The molecule has 0 radical (unpaired) electrons. The molecule has 4 N–H and O–H groups in total. The minimum Gasteiger partial charge on any atom is -0.454 e. The molecule has 0 bridgehead atoms. The normalized spacial score (nSPS) is 15.6. The van der Waals surface area contributed by atoms with Gasteiger partial charge in [-0.15, -0.1) is 13.2 Å². The van der Waals surface area contributed by atoms with E-state index in [4.69, 9.17) is 9.47 Å². The minimum atomic E-state index is -1.07. The van der Waals surface area contributed by atoms with Crippen molar-refractivity contribution in [3.63, 3.8) is 0 Å². The zero-order valence-corrected chi connectivity index (χ0v) is 25.0. The van der Waals surface area contributed by atoms with Gasteiger partial charge in [0, 0.05) is 6.42 Å². The number of hydrogen-bond donors (Lipinski definition) is 4. The Labute approximate surface area is 258 Å². The van der Waals surface area contributed by atoms with E-state index in [1.165, 1.54) is 6.08 Å². The van der Waals surface area contributed by atoms with Crippen LogP contribution in [0.3, 0.4) is 0 Å². The van der Waals surface area contributed by atoms with Gasteiger partial charge in [-0.1, -0.05) is 85.7 Å². The van der Waals surface area contributed by atoms with E-state index in [2.05, 4.69) is 29.1 Å². The van der Waals surface area contributed by atoms with Gasteiger partial charge in [-0.3, -0.25) is 9.59 Å². The maximum absolute atomic E-state index is 13.2. The molecular weight excluding hydrogens is 562 g/mol. The summed E-state index contributed by atoms with van der Waals surface area (Å²) < 4.78 is 11.1. The first-order valence-electron chi connectivity index (χ1n) is 14.9. The summed E-state index contributed by atoms with van der Waals surface area (Å²) >= 11 is 0. The monoisotopic (exact) mass is 605 g/mol. The van der Waals surface area contributed by atoms with Gasteiger partial charge in [0.25, 0.3) is 0 Å². The van der Waals surface area contributed by atoms with Gasteiger partial charge in [0.05, 0.1) is 24.6 Å². The third-order valence-corrected chi connectivity index (χ3v) is 7.60. The second-order valence-electron chi connectivity index (χ2n) is 11.0. The van der Waals surface area contributed by atoms with Crippen LogP contribution in [0.1, 0.15) is 62.2 Å². The fourth-order valence-electron chi connectivity index (χ4n) is 5.17. The topological polar surface area (TPSA) is 143 Å². The van der Waals surface area contributed by atoms with Crippen molar-refractivity contribution in [3.8, 4) is 0 Å². The van der Waals surface area contributed by atoms with Crippen LogP contribution >= 0.6 is 0 Å². The smallest absolute Gasteiger partial charge is 0.408 e. The van der Waals surface area contributed by atoms with Crippen molar-refractivity contribution in [2.75, 3.05) is 13.2 Å². The number of allylic oxidation sites excluding steroid dienone is 1. The lowest BCUT2D eigenvalue weighted by atomic mass is 9.95. The fourth-order valence-corrected chi connectivity index (χ4v) is 5.17. The number of rotatable bonds is 17. The number of alkyl carbamates (subject to hydrolysis) is 1. The predicted molar refractivity (Wildman–Crippen MR) is 166 cm³/mol. The summed E-state index contributed by atoms with van der Waals surface area (Å²) in [6.45, 7) is 7.22. The quantitative estimate of drug-likeness (QED) is 0.156. The molecule has 0 aliphatic heterocycles. The number of hydrogen-bond acceptors (Lipinski definition) is 7. The summed E-state index contributed by atoms with van der Waals surface area (Å²) in [4.78, 5) is 51.8. The Hall–Kier alpha value is -4.44. The molecule has 0 heterocycles. The maximum atomic E-state index is 13.2. The highest BCUT2D eigenvalue weighted by Crippen LogP contribution is 2.29. The number of benzene rings is 2. The van der Waals surface area contributed by atoms with Crippen LogP contribution in [0.2, 0.25) is 0 Å². The highest BCUT2D eigenvalue weighted by molar-refractivity contribution is 5.86. The number of carbonyl (C=O) groups excluding carboxylic acids is 4. The third-order valence-electron chi connectivity index (χ3n) is 7.60. The summed E-state index contributed by atoms with van der Waals surface area (Å²) in [5.74, 6) is -2.14. The molecule has 2 aromatic carbocycles. The summed E-state index contributed by atoms with van der Waals surface area (Å²) in [6.07, 6.45) is 4.93. The van der Waals surface area contributed by atoms with Gasteiger partial charge in [-0.25, -0.2) is 9.59 Å². The number of carbonyl (C=O) groups is 4. The van der Waals surface area contributed by atoms with Crippen LogP contribution in [-0.2, 0) is 30.5 Å². The van der Waals surface area contributed by atoms with Gasteiger partial charge in [0.2, 0.25) is 11.8 Å². The predicted octanol–water partition coefficient (Wildman–Crippen LogP) is 4.26. The van der Waals surface area contributed by atoms with E-state index in [1.807, 2.05) is 36.4 Å². The molecule has 0 aromatic heterocycles. The highest BCUT2D eigenvalue weighted by atomic mass is 16.6. The molecule has 0 spiro atoms. The molecule has 3 amide bonds. The summed E-state index contributed by atoms with van der Waals surface area (Å²) in [7, 11) is 0. The molecular formula is C34H43N3O7. The lowest BCUT2D eigenvalue weighted by Gasteiger charge is -2.29. The molecule has 1 aliphatic carbocycles. The van der Waals surface area contributed by atoms with Crippen LogP contribution < -0.4 is 16.0 Å². The van der Waals surface area contributed by atoms with Crippen LogP contribution in [0.4, 0.5) is 4.79 Å². The standard InChI is InChI=1S/C34H43N3O7/c1-3-13-27(21-30(39)37-34(24-38)19-11-12-20-34)31(40)35-22-29(26-17-9-6-10-18-26)44-32(41)28(14-4-2)36-33(42)43-23-25-15-7-5-8-16-25/h3-10,15-18,27-29,38H,1-2,11-14,19-24H2,(H,35,40)(H,36,42)(H,37,39)/t27-,28+,29-/m0/s1. The lowest BCUT2D eigenvalue weighted by Crippen LogP contribution is -2.50. The molecule has 10 nitrogen and oxygen atoms in total. The molecule has 236 valence electrons. The zero-order valence-electron chi connectivity index (χ0n) is 25.0. The molecule has 1 aliphatic rings. The first kappa shape index (κ1) is 34.1. The van der Waals surface area contributed by atoms with Crippen molar-refractivity contribution >= 4 is 23.9 Å². The number of amides is 3. The van der Waals surface area contributed by atoms with Gasteiger partial charge in [-0.05, 0) is 36.8 Å². The number of nitrogens with one attached hydrogen (secondary N) is 3. The first-order valence-corrected chi connectivity index (χ1v) is 14.9. The van der Waals surface area contributed by atoms with Gasteiger partial charge in [-0.2, -0.15) is 0 Å². The number of aliphatic hydroxyl groups excluding tert-OH is 1. The van der Waals surface area contributed by atoms with Crippen LogP contribution in [-0.4, -0.2) is 53.7 Å². The minimum absolute atomic E-state index is 0.0338. The molecule has 44 heavy (non-hydrogen) atoms. The van der Waals surface area contributed by atoms with E-state index in [9.17, 15) is 24.3 Å². The molecule has 0 unspecified atom stereocenters. The summed E-state index contributed by atoms with van der Waals surface area (Å²) in [6, 6.07) is 17.0. The summed E-state index contributed by atoms with van der Waals surface area (Å²) in [5.41, 5.74) is 0.793. The summed E-state index contributed by atoms with van der Waals surface area (Å²) in [5, 5.41) is 18.1.